The third-order valence-corrected chi connectivity index (χ3v) is 1.10. The van der Waals surface area contributed by atoms with Crippen molar-refractivity contribution in [3.05, 3.63) is 24.0 Å². The van der Waals surface area contributed by atoms with Crippen LogP contribution in [0.25, 0.3) is 0 Å². The van der Waals surface area contributed by atoms with Crippen LogP contribution in [0.4, 0.5) is 4.39 Å². The van der Waals surface area contributed by atoms with E-state index in [4.69, 9.17) is 5.11 Å². The summed E-state index contributed by atoms with van der Waals surface area (Å²) in [5.41, 5.74) is 0.855. The Morgan fingerprint density at radius 2 is 2.11 bits per heavy atom. The molecule has 0 aliphatic carbocycles. The van der Waals surface area contributed by atoms with E-state index in [9.17, 15) is 4.39 Å². The van der Waals surface area contributed by atoms with Crippen molar-refractivity contribution >= 4 is 13.3 Å². The summed E-state index contributed by atoms with van der Waals surface area (Å²) < 4.78 is 12.2. The zero-order valence-corrected chi connectivity index (χ0v) is 5.06. The fourth-order valence-corrected chi connectivity index (χ4v) is 0.623. The van der Waals surface area contributed by atoms with E-state index in [1.807, 2.05) is 0 Å². The van der Waals surface area contributed by atoms with E-state index in [-0.39, 0.29) is 5.75 Å². The van der Waals surface area contributed by atoms with E-state index in [1.54, 1.807) is 13.9 Å². The Morgan fingerprint density at radius 3 is 2.56 bits per heavy atom. The Kier molecular flexibility index (Phi) is 1.43. The van der Waals surface area contributed by atoms with Gasteiger partial charge >= 0.3 is 0 Å². The van der Waals surface area contributed by atoms with Gasteiger partial charge in [0.25, 0.3) is 0 Å². The molecule has 0 unspecified atom stereocenters. The van der Waals surface area contributed by atoms with Gasteiger partial charge in [0.05, 0.1) is 0 Å². The third kappa shape index (κ3) is 1.22. The summed E-state index contributed by atoms with van der Waals surface area (Å²) in [6.07, 6.45) is 0. The molecule has 0 radical (unpaired) electrons. The number of phenolic OH excluding ortho intramolecular Hbond substituents is 1. The van der Waals surface area contributed by atoms with Crippen LogP contribution in [0, 0.1) is 5.82 Å². The molecule has 46 valence electrons. The number of rotatable bonds is 0. The molecular formula is C6H6BFO. The van der Waals surface area contributed by atoms with Gasteiger partial charge in [0.15, 0.2) is 11.6 Å². The van der Waals surface area contributed by atoms with Gasteiger partial charge in [0.2, 0.25) is 0 Å². The summed E-state index contributed by atoms with van der Waals surface area (Å²) in [6.45, 7) is 0. The average Bonchev–Trinajstić information content (AvgIpc) is 1.80. The molecule has 1 aromatic rings. The first kappa shape index (κ1) is 6.14. The number of phenols is 1. The van der Waals surface area contributed by atoms with Gasteiger partial charge < -0.3 is 5.11 Å². The monoisotopic (exact) mass is 124 g/mol. The molecule has 1 rings (SSSR count). The van der Waals surface area contributed by atoms with E-state index >= 15 is 0 Å². The lowest BCUT2D eigenvalue weighted by atomic mass is 9.96. The smallest absolute Gasteiger partial charge is 0.164 e. The van der Waals surface area contributed by atoms with Gasteiger partial charge in [-0.3, -0.25) is 0 Å². The molecule has 0 heterocycles. The maximum absolute atomic E-state index is 12.2. The van der Waals surface area contributed by atoms with Crippen molar-refractivity contribution in [2.75, 3.05) is 0 Å². The third-order valence-electron chi connectivity index (χ3n) is 1.10. The highest BCUT2D eigenvalue weighted by Gasteiger charge is 1.95. The minimum Gasteiger partial charge on any atom is -0.505 e. The molecular weight excluding hydrogens is 118 g/mol. The van der Waals surface area contributed by atoms with Crippen LogP contribution in [-0.2, 0) is 0 Å². The first-order valence-corrected chi connectivity index (χ1v) is 2.65. The Morgan fingerprint density at radius 1 is 1.44 bits per heavy atom. The fraction of sp³-hybridized carbons (Fsp3) is 0. The molecule has 3 heteroatoms. The fourth-order valence-electron chi connectivity index (χ4n) is 0.623. The molecule has 1 aromatic carbocycles. The minimum absolute atomic E-state index is 0.282. The molecule has 1 N–H and O–H groups in total. The van der Waals surface area contributed by atoms with Crippen molar-refractivity contribution in [2.24, 2.45) is 0 Å². The number of hydrogen-bond donors (Lipinski definition) is 1. The number of hydrogen-bond acceptors (Lipinski definition) is 1. The summed E-state index contributed by atoms with van der Waals surface area (Å²) >= 11 is 0. The van der Waals surface area contributed by atoms with Crippen LogP contribution >= 0.6 is 0 Å². The second-order valence-electron chi connectivity index (χ2n) is 1.95. The SMILES string of the molecule is Bc1ccc(F)c(O)c1. The average molecular weight is 124 g/mol. The molecule has 9 heavy (non-hydrogen) atoms. The summed E-state index contributed by atoms with van der Waals surface area (Å²) in [5.74, 6) is -0.851. The van der Waals surface area contributed by atoms with Gasteiger partial charge in [-0.15, -0.1) is 0 Å². The zero-order valence-electron chi connectivity index (χ0n) is 5.06. The van der Waals surface area contributed by atoms with Gasteiger partial charge in [-0.2, -0.15) is 0 Å². The van der Waals surface area contributed by atoms with Crippen LogP contribution < -0.4 is 5.46 Å². The highest BCUT2D eigenvalue weighted by Crippen LogP contribution is 2.09. The van der Waals surface area contributed by atoms with E-state index < -0.39 is 5.82 Å². The lowest BCUT2D eigenvalue weighted by molar-refractivity contribution is 0.433. The van der Waals surface area contributed by atoms with Crippen molar-refractivity contribution < 1.29 is 9.50 Å². The maximum Gasteiger partial charge on any atom is 0.164 e. The first-order valence-electron chi connectivity index (χ1n) is 2.65. The highest BCUT2D eigenvalue weighted by atomic mass is 19.1. The van der Waals surface area contributed by atoms with Crippen molar-refractivity contribution in [3.8, 4) is 5.75 Å². The first-order chi connectivity index (χ1) is 4.20. The molecule has 0 amide bonds. The molecule has 0 fully saturated rings. The van der Waals surface area contributed by atoms with E-state index in [0.717, 1.165) is 5.46 Å². The molecule has 0 aliphatic heterocycles. The predicted octanol–water partition coefficient (Wildman–Crippen LogP) is -0.210. The predicted molar refractivity (Wildman–Crippen MR) is 36.2 cm³/mol. The molecule has 0 aliphatic rings. The van der Waals surface area contributed by atoms with E-state index in [1.165, 1.54) is 12.1 Å². The standard InChI is InChI=1S/C6H6BFO/c7-4-1-2-5(8)6(9)3-4/h1-3,9H,7H2. The summed E-state index contributed by atoms with van der Waals surface area (Å²) in [5, 5.41) is 8.73. The summed E-state index contributed by atoms with van der Waals surface area (Å²) in [4.78, 5) is 0. The molecule has 0 saturated carbocycles. The maximum atomic E-state index is 12.2. The largest absolute Gasteiger partial charge is 0.505 e. The van der Waals surface area contributed by atoms with Crippen LogP contribution in [-0.4, -0.2) is 13.0 Å². The lowest BCUT2D eigenvalue weighted by Crippen LogP contribution is -2.00. The van der Waals surface area contributed by atoms with Crippen LogP contribution in [0.15, 0.2) is 18.2 Å². The molecule has 1 nitrogen and oxygen atoms in total. The van der Waals surface area contributed by atoms with Crippen LogP contribution in [0.3, 0.4) is 0 Å². The van der Waals surface area contributed by atoms with Crippen molar-refractivity contribution in [1.82, 2.24) is 0 Å². The summed E-state index contributed by atoms with van der Waals surface area (Å²) in [6, 6.07) is 4.23. The Balaban J connectivity index is 3.17. The molecule has 0 bridgehead atoms. The van der Waals surface area contributed by atoms with Crippen LogP contribution in [0.1, 0.15) is 0 Å². The topological polar surface area (TPSA) is 20.2 Å². The van der Waals surface area contributed by atoms with Crippen molar-refractivity contribution in [1.29, 1.82) is 0 Å². The molecule has 0 atom stereocenters. The zero-order chi connectivity index (χ0) is 6.85. The van der Waals surface area contributed by atoms with Crippen LogP contribution in [0.5, 0.6) is 5.75 Å². The van der Waals surface area contributed by atoms with Gasteiger partial charge in [0.1, 0.15) is 7.85 Å². The normalized spacial score (nSPS) is 9.44. The van der Waals surface area contributed by atoms with Crippen LogP contribution in [0.2, 0.25) is 0 Å². The molecule has 0 spiro atoms. The second kappa shape index (κ2) is 2.09. The number of benzene rings is 1. The number of halogens is 1. The number of aromatic hydroxyl groups is 1. The highest BCUT2D eigenvalue weighted by molar-refractivity contribution is 6.32. The minimum atomic E-state index is -0.569. The Hall–Kier alpha value is -0.985. The second-order valence-corrected chi connectivity index (χ2v) is 1.95. The molecule has 0 aromatic heterocycles. The van der Waals surface area contributed by atoms with E-state index in [2.05, 4.69) is 0 Å². The van der Waals surface area contributed by atoms with Crippen molar-refractivity contribution in [3.63, 3.8) is 0 Å². The van der Waals surface area contributed by atoms with Gasteiger partial charge in [-0.1, -0.05) is 11.5 Å². The van der Waals surface area contributed by atoms with E-state index in [0.29, 0.717) is 0 Å². The lowest BCUT2D eigenvalue weighted by Gasteiger charge is -1.94. The van der Waals surface area contributed by atoms with Gasteiger partial charge in [-0.05, 0) is 12.1 Å². The molecule has 0 saturated heterocycles. The Labute approximate surface area is 53.5 Å². The summed E-state index contributed by atoms with van der Waals surface area (Å²) in [7, 11) is 1.79. The quantitative estimate of drug-likeness (QED) is 0.474. The van der Waals surface area contributed by atoms with Crippen molar-refractivity contribution in [2.45, 2.75) is 0 Å². The van der Waals surface area contributed by atoms with Gasteiger partial charge in [0, 0.05) is 0 Å². The Bertz CT molecular complexity index is 224. The van der Waals surface area contributed by atoms with Gasteiger partial charge in [-0.25, -0.2) is 4.39 Å².